The molecule has 0 saturated carbocycles. The zero-order valence-corrected chi connectivity index (χ0v) is 9.88. The Labute approximate surface area is 99.9 Å². The third-order valence-corrected chi connectivity index (χ3v) is 2.07. The fourth-order valence-electron chi connectivity index (χ4n) is 1.04. The van der Waals surface area contributed by atoms with Gasteiger partial charge in [0, 0.05) is 6.54 Å². The Hall–Kier alpha value is -1.88. The number of hydrogen-bond acceptors (Lipinski definition) is 3. The first kappa shape index (κ1) is 15.1. The first-order valence-corrected chi connectivity index (χ1v) is 5.13. The van der Waals surface area contributed by atoms with Gasteiger partial charge in [-0.15, -0.1) is 0 Å². The van der Waals surface area contributed by atoms with Crippen LogP contribution in [0.4, 0.5) is 0 Å². The van der Waals surface area contributed by atoms with Crippen molar-refractivity contribution >= 4 is 11.9 Å². The minimum absolute atomic E-state index is 0.613. The Morgan fingerprint density at radius 2 is 1.53 bits per heavy atom. The molecule has 0 amide bonds. The number of carboxylic acids is 2. The highest BCUT2D eigenvalue weighted by Gasteiger charge is 2.04. The van der Waals surface area contributed by atoms with Crippen LogP contribution in [0.5, 0.6) is 0 Å². The summed E-state index contributed by atoms with van der Waals surface area (Å²) in [6.45, 7) is 5.02. The molecule has 0 atom stereocenters. The Bertz CT molecular complexity index is 359. The normalized spacial score (nSPS) is 9.41. The molecule has 4 N–H and O–H groups in total. The summed E-state index contributed by atoms with van der Waals surface area (Å²) in [5.41, 5.74) is 8.06. The van der Waals surface area contributed by atoms with E-state index in [1.165, 1.54) is 11.1 Å². The molecule has 0 radical (unpaired) electrons. The van der Waals surface area contributed by atoms with Gasteiger partial charge in [-0.2, -0.15) is 0 Å². The molecule has 17 heavy (non-hydrogen) atoms. The predicted molar refractivity (Wildman–Crippen MR) is 63.7 cm³/mol. The van der Waals surface area contributed by atoms with E-state index < -0.39 is 11.9 Å². The molecule has 1 aromatic rings. The quantitative estimate of drug-likeness (QED) is 0.678. The fourth-order valence-corrected chi connectivity index (χ4v) is 1.04. The van der Waals surface area contributed by atoms with E-state index in [0.717, 1.165) is 0 Å². The van der Waals surface area contributed by atoms with Gasteiger partial charge in [0.2, 0.25) is 0 Å². The molecule has 0 aliphatic rings. The van der Waals surface area contributed by atoms with Gasteiger partial charge < -0.3 is 15.9 Å². The summed E-state index contributed by atoms with van der Waals surface area (Å²) >= 11 is 0. The van der Waals surface area contributed by atoms with Crippen molar-refractivity contribution in [3.05, 3.63) is 35.4 Å². The number of hydrogen-bond donors (Lipinski definition) is 3. The number of benzene rings is 1. The number of carbonyl (C=O) groups is 2. The smallest absolute Gasteiger partial charge is 0.414 e. The van der Waals surface area contributed by atoms with Crippen LogP contribution in [-0.4, -0.2) is 22.2 Å². The van der Waals surface area contributed by atoms with Crippen molar-refractivity contribution in [1.29, 1.82) is 0 Å². The molecule has 0 spiro atoms. The molecule has 0 unspecified atom stereocenters. The fraction of sp³-hybridized carbons (Fsp3) is 0.333. The number of nitrogens with two attached hydrogens (primary N) is 1. The Morgan fingerprint density at radius 3 is 1.76 bits per heavy atom. The van der Waals surface area contributed by atoms with Crippen molar-refractivity contribution in [2.45, 2.75) is 26.3 Å². The van der Waals surface area contributed by atoms with Gasteiger partial charge >= 0.3 is 11.9 Å². The summed E-state index contributed by atoms with van der Waals surface area (Å²) in [4.78, 5) is 18.2. The number of aliphatic carboxylic acids is 2. The van der Waals surface area contributed by atoms with Crippen molar-refractivity contribution in [2.24, 2.45) is 5.73 Å². The topological polar surface area (TPSA) is 101 Å². The predicted octanol–water partition coefficient (Wildman–Crippen LogP) is 1.42. The van der Waals surface area contributed by atoms with Gasteiger partial charge in [0.1, 0.15) is 0 Å². The highest BCUT2D eigenvalue weighted by molar-refractivity contribution is 6.27. The number of carboxylic acid groups (broad SMARTS) is 2. The van der Waals surface area contributed by atoms with Gasteiger partial charge in [-0.1, -0.05) is 38.1 Å². The van der Waals surface area contributed by atoms with Crippen LogP contribution in [0.15, 0.2) is 24.3 Å². The van der Waals surface area contributed by atoms with E-state index in [-0.39, 0.29) is 0 Å². The SMILES string of the molecule is CC(C)c1ccc(CN)cc1.O=C(O)C(=O)O. The zero-order chi connectivity index (χ0) is 13.4. The second-order valence-corrected chi connectivity index (χ2v) is 3.71. The van der Waals surface area contributed by atoms with Gasteiger partial charge in [-0.25, -0.2) is 9.59 Å². The van der Waals surface area contributed by atoms with Gasteiger partial charge in [0.25, 0.3) is 0 Å². The molecule has 0 saturated heterocycles. The van der Waals surface area contributed by atoms with E-state index in [0.29, 0.717) is 12.5 Å². The van der Waals surface area contributed by atoms with Gasteiger partial charge in [-0.3, -0.25) is 0 Å². The molecule has 1 rings (SSSR count). The van der Waals surface area contributed by atoms with Crippen molar-refractivity contribution in [3.8, 4) is 0 Å². The van der Waals surface area contributed by atoms with E-state index in [9.17, 15) is 0 Å². The Balaban J connectivity index is 0.000000366. The molecular formula is C12H17NO4. The molecule has 0 bridgehead atoms. The minimum Gasteiger partial charge on any atom is -0.473 e. The third kappa shape index (κ3) is 6.32. The van der Waals surface area contributed by atoms with Crippen molar-refractivity contribution < 1.29 is 19.8 Å². The summed E-state index contributed by atoms with van der Waals surface area (Å²) in [7, 11) is 0. The van der Waals surface area contributed by atoms with Crippen LogP contribution in [0.1, 0.15) is 30.9 Å². The summed E-state index contributed by atoms with van der Waals surface area (Å²) in [6, 6.07) is 8.48. The molecule has 94 valence electrons. The van der Waals surface area contributed by atoms with E-state index in [1.807, 2.05) is 0 Å². The van der Waals surface area contributed by atoms with Crippen LogP contribution < -0.4 is 5.73 Å². The molecule has 0 aliphatic carbocycles. The maximum atomic E-state index is 9.10. The molecule has 0 fully saturated rings. The van der Waals surface area contributed by atoms with Crippen LogP contribution >= 0.6 is 0 Å². The second kappa shape index (κ2) is 7.40. The molecule has 0 aromatic heterocycles. The number of rotatable bonds is 2. The second-order valence-electron chi connectivity index (χ2n) is 3.71. The Morgan fingerprint density at radius 1 is 1.12 bits per heavy atom. The molecule has 5 heteroatoms. The van der Waals surface area contributed by atoms with Crippen LogP contribution in [0.3, 0.4) is 0 Å². The average molecular weight is 239 g/mol. The van der Waals surface area contributed by atoms with E-state index in [1.54, 1.807) is 0 Å². The monoisotopic (exact) mass is 239 g/mol. The van der Waals surface area contributed by atoms with Crippen LogP contribution in [0.2, 0.25) is 0 Å². The maximum Gasteiger partial charge on any atom is 0.414 e. The standard InChI is InChI=1S/C10H15N.C2H2O4/c1-8(2)10-5-3-9(7-11)4-6-10;3-1(4)2(5)6/h3-6,8H,7,11H2,1-2H3;(H,3,4)(H,5,6). The lowest BCUT2D eigenvalue weighted by Crippen LogP contribution is -2.09. The summed E-state index contributed by atoms with van der Waals surface area (Å²) < 4.78 is 0. The summed E-state index contributed by atoms with van der Waals surface area (Å²) in [5.74, 6) is -3.04. The lowest BCUT2D eigenvalue weighted by atomic mass is 10.0. The van der Waals surface area contributed by atoms with Crippen LogP contribution in [0, 0.1) is 0 Å². The van der Waals surface area contributed by atoms with E-state index >= 15 is 0 Å². The summed E-state index contributed by atoms with van der Waals surface area (Å²) in [6.07, 6.45) is 0. The molecule has 0 heterocycles. The van der Waals surface area contributed by atoms with Crippen molar-refractivity contribution in [3.63, 3.8) is 0 Å². The Kier molecular flexibility index (Phi) is 6.58. The molecule has 0 aliphatic heterocycles. The first-order chi connectivity index (χ1) is 7.88. The highest BCUT2D eigenvalue weighted by Crippen LogP contribution is 2.14. The summed E-state index contributed by atoms with van der Waals surface area (Å²) in [5, 5.41) is 14.8. The molecular weight excluding hydrogens is 222 g/mol. The third-order valence-electron chi connectivity index (χ3n) is 2.07. The van der Waals surface area contributed by atoms with Crippen molar-refractivity contribution in [2.75, 3.05) is 0 Å². The van der Waals surface area contributed by atoms with Gasteiger partial charge in [0.15, 0.2) is 0 Å². The largest absolute Gasteiger partial charge is 0.473 e. The zero-order valence-electron chi connectivity index (χ0n) is 9.88. The molecule has 1 aromatic carbocycles. The highest BCUT2D eigenvalue weighted by atomic mass is 16.4. The van der Waals surface area contributed by atoms with Gasteiger partial charge in [-0.05, 0) is 17.0 Å². The van der Waals surface area contributed by atoms with Gasteiger partial charge in [0.05, 0.1) is 0 Å². The van der Waals surface area contributed by atoms with E-state index in [2.05, 4.69) is 38.1 Å². The van der Waals surface area contributed by atoms with Crippen LogP contribution in [-0.2, 0) is 16.1 Å². The van der Waals surface area contributed by atoms with Crippen molar-refractivity contribution in [1.82, 2.24) is 0 Å². The lowest BCUT2D eigenvalue weighted by molar-refractivity contribution is -0.159. The average Bonchev–Trinajstić information content (AvgIpc) is 2.29. The van der Waals surface area contributed by atoms with E-state index in [4.69, 9.17) is 25.5 Å². The minimum atomic E-state index is -1.82. The van der Waals surface area contributed by atoms with Crippen LogP contribution in [0.25, 0.3) is 0 Å². The first-order valence-electron chi connectivity index (χ1n) is 5.13. The molecule has 5 nitrogen and oxygen atoms in total. The lowest BCUT2D eigenvalue weighted by Gasteiger charge is -2.04. The maximum absolute atomic E-state index is 9.10.